The molecule has 4 heteroatoms. The molecule has 21 heavy (non-hydrogen) atoms. The molecule has 1 aromatic heterocycles. The van der Waals surface area contributed by atoms with Crippen LogP contribution in [0.25, 0.3) is 11.1 Å². The van der Waals surface area contributed by atoms with Gasteiger partial charge >= 0.3 is 0 Å². The second-order valence-corrected chi connectivity index (χ2v) is 5.13. The molecule has 0 amide bonds. The summed E-state index contributed by atoms with van der Waals surface area (Å²) in [6.45, 7) is 0. The third kappa shape index (κ3) is 2.10. The molecule has 4 nitrogen and oxygen atoms in total. The SMILES string of the molecule is Nc1nccc(Nc2ccc3c(c2)Cc2ccccc2-3)n1. The van der Waals surface area contributed by atoms with Crippen molar-refractivity contribution in [3.63, 3.8) is 0 Å². The second-order valence-electron chi connectivity index (χ2n) is 5.13. The number of anilines is 3. The van der Waals surface area contributed by atoms with Gasteiger partial charge in [0.2, 0.25) is 5.95 Å². The lowest BCUT2D eigenvalue weighted by Crippen LogP contribution is -1.99. The van der Waals surface area contributed by atoms with E-state index in [9.17, 15) is 0 Å². The molecule has 0 spiro atoms. The molecular weight excluding hydrogens is 260 g/mol. The summed E-state index contributed by atoms with van der Waals surface area (Å²) in [5.41, 5.74) is 12.0. The minimum atomic E-state index is 0.272. The van der Waals surface area contributed by atoms with Crippen LogP contribution in [0.1, 0.15) is 11.1 Å². The Morgan fingerprint density at radius 3 is 2.71 bits per heavy atom. The molecule has 0 aliphatic heterocycles. The average molecular weight is 274 g/mol. The van der Waals surface area contributed by atoms with Gasteiger partial charge in [-0.1, -0.05) is 30.3 Å². The molecule has 3 aromatic rings. The van der Waals surface area contributed by atoms with E-state index >= 15 is 0 Å². The molecule has 3 N–H and O–H groups in total. The number of nitrogens with two attached hydrogens (primary N) is 1. The highest BCUT2D eigenvalue weighted by Gasteiger charge is 2.17. The lowest BCUT2D eigenvalue weighted by atomic mass is 10.1. The maximum atomic E-state index is 5.60. The van der Waals surface area contributed by atoms with Crippen molar-refractivity contribution in [3.8, 4) is 11.1 Å². The standard InChI is InChI=1S/C17H14N4/c18-17-19-8-7-16(21-17)20-13-5-6-15-12(10-13)9-11-3-1-2-4-14(11)15/h1-8,10H,9H2,(H3,18,19,20,21). The van der Waals surface area contributed by atoms with E-state index in [1.165, 1.54) is 22.3 Å². The monoisotopic (exact) mass is 274 g/mol. The zero-order valence-electron chi connectivity index (χ0n) is 11.4. The van der Waals surface area contributed by atoms with Crippen LogP contribution in [0, 0.1) is 0 Å². The molecular formula is C17H14N4. The largest absolute Gasteiger partial charge is 0.368 e. The summed E-state index contributed by atoms with van der Waals surface area (Å²) in [6, 6.07) is 16.8. The van der Waals surface area contributed by atoms with E-state index in [1.54, 1.807) is 12.3 Å². The minimum Gasteiger partial charge on any atom is -0.368 e. The number of aromatic nitrogens is 2. The Bertz CT molecular complexity index is 827. The highest BCUT2D eigenvalue weighted by atomic mass is 15.1. The molecule has 1 aliphatic rings. The average Bonchev–Trinajstić information content (AvgIpc) is 2.85. The van der Waals surface area contributed by atoms with Crippen molar-refractivity contribution in [3.05, 3.63) is 65.9 Å². The molecule has 0 fully saturated rings. The Kier molecular flexibility index (Phi) is 2.60. The third-order valence-corrected chi connectivity index (χ3v) is 3.74. The molecule has 1 aliphatic carbocycles. The highest BCUT2D eigenvalue weighted by molar-refractivity contribution is 5.79. The van der Waals surface area contributed by atoms with E-state index in [2.05, 4.69) is 57.7 Å². The van der Waals surface area contributed by atoms with E-state index in [4.69, 9.17) is 5.73 Å². The molecule has 0 saturated carbocycles. The summed E-state index contributed by atoms with van der Waals surface area (Å²) in [5, 5.41) is 3.27. The zero-order chi connectivity index (χ0) is 14.2. The normalized spacial score (nSPS) is 11.8. The van der Waals surface area contributed by atoms with Crippen molar-refractivity contribution in [2.24, 2.45) is 0 Å². The number of benzene rings is 2. The van der Waals surface area contributed by atoms with Gasteiger partial charge < -0.3 is 11.1 Å². The second kappa shape index (κ2) is 4.59. The summed E-state index contributed by atoms with van der Waals surface area (Å²) in [6.07, 6.45) is 2.63. The van der Waals surface area contributed by atoms with Crippen LogP contribution in [0.4, 0.5) is 17.5 Å². The van der Waals surface area contributed by atoms with Crippen molar-refractivity contribution in [2.45, 2.75) is 6.42 Å². The Balaban J connectivity index is 1.67. The smallest absolute Gasteiger partial charge is 0.221 e. The fraction of sp³-hybridized carbons (Fsp3) is 0.0588. The molecule has 0 radical (unpaired) electrons. The van der Waals surface area contributed by atoms with Crippen LogP contribution in [-0.2, 0) is 6.42 Å². The predicted octanol–water partition coefficient (Wildman–Crippen LogP) is 3.37. The van der Waals surface area contributed by atoms with Gasteiger partial charge in [-0.3, -0.25) is 0 Å². The molecule has 102 valence electrons. The minimum absolute atomic E-state index is 0.272. The van der Waals surface area contributed by atoms with Gasteiger partial charge in [0.05, 0.1) is 0 Å². The molecule has 0 saturated heterocycles. The maximum Gasteiger partial charge on any atom is 0.221 e. The van der Waals surface area contributed by atoms with Gasteiger partial charge in [-0.05, 0) is 46.9 Å². The van der Waals surface area contributed by atoms with Gasteiger partial charge in [0.1, 0.15) is 5.82 Å². The fourth-order valence-electron chi connectivity index (χ4n) is 2.81. The first-order chi connectivity index (χ1) is 10.3. The van der Waals surface area contributed by atoms with E-state index in [1.807, 2.05) is 0 Å². The number of nitrogens with zero attached hydrogens (tertiary/aromatic N) is 2. The summed E-state index contributed by atoms with van der Waals surface area (Å²) in [4.78, 5) is 8.05. The molecule has 2 aromatic carbocycles. The first kappa shape index (κ1) is 11.9. The van der Waals surface area contributed by atoms with Crippen molar-refractivity contribution >= 4 is 17.5 Å². The molecule has 1 heterocycles. The van der Waals surface area contributed by atoms with E-state index < -0.39 is 0 Å². The van der Waals surface area contributed by atoms with Crippen LogP contribution in [-0.4, -0.2) is 9.97 Å². The Labute approximate surface area is 122 Å². The van der Waals surface area contributed by atoms with Crippen LogP contribution in [0.2, 0.25) is 0 Å². The summed E-state index contributed by atoms with van der Waals surface area (Å²) < 4.78 is 0. The summed E-state index contributed by atoms with van der Waals surface area (Å²) in [7, 11) is 0. The van der Waals surface area contributed by atoms with Gasteiger partial charge in [-0.15, -0.1) is 0 Å². The lowest BCUT2D eigenvalue weighted by Gasteiger charge is -2.08. The van der Waals surface area contributed by atoms with Crippen LogP contribution in [0.3, 0.4) is 0 Å². The number of fused-ring (bicyclic) bond motifs is 3. The lowest BCUT2D eigenvalue weighted by molar-refractivity contribution is 1.18. The van der Waals surface area contributed by atoms with Crippen LogP contribution in [0.15, 0.2) is 54.7 Å². The highest BCUT2D eigenvalue weighted by Crippen LogP contribution is 2.37. The molecule has 0 atom stereocenters. The zero-order valence-corrected chi connectivity index (χ0v) is 11.4. The number of rotatable bonds is 2. The summed E-state index contributed by atoms with van der Waals surface area (Å²) in [5.74, 6) is 0.978. The van der Waals surface area contributed by atoms with Crippen molar-refractivity contribution in [1.82, 2.24) is 9.97 Å². The van der Waals surface area contributed by atoms with Gasteiger partial charge in [0, 0.05) is 11.9 Å². The third-order valence-electron chi connectivity index (χ3n) is 3.74. The van der Waals surface area contributed by atoms with Crippen molar-refractivity contribution in [1.29, 1.82) is 0 Å². The molecule has 0 bridgehead atoms. The number of hydrogen-bond donors (Lipinski definition) is 2. The molecule has 0 unspecified atom stereocenters. The Hall–Kier alpha value is -2.88. The predicted molar refractivity (Wildman–Crippen MR) is 84.4 cm³/mol. The van der Waals surface area contributed by atoms with Gasteiger partial charge in [-0.2, -0.15) is 4.98 Å². The first-order valence-corrected chi connectivity index (χ1v) is 6.86. The van der Waals surface area contributed by atoms with Crippen LogP contribution < -0.4 is 11.1 Å². The van der Waals surface area contributed by atoms with Gasteiger partial charge in [0.15, 0.2) is 0 Å². The maximum absolute atomic E-state index is 5.60. The van der Waals surface area contributed by atoms with Crippen LogP contribution >= 0.6 is 0 Å². The van der Waals surface area contributed by atoms with Gasteiger partial charge in [0.25, 0.3) is 0 Å². The van der Waals surface area contributed by atoms with E-state index in [0.717, 1.165) is 12.1 Å². The fourth-order valence-corrected chi connectivity index (χ4v) is 2.81. The Morgan fingerprint density at radius 2 is 1.81 bits per heavy atom. The van der Waals surface area contributed by atoms with E-state index in [-0.39, 0.29) is 5.95 Å². The summed E-state index contributed by atoms with van der Waals surface area (Å²) >= 11 is 0. The quantitative estimate of drug-likeness (QED) is 0.588. The van der Waals surface area contributed by atoms with E-state index in [0.29, 0.717) is 5.82 Å². The number of nitrogens with one attached hydrogen (secondary N) is 1. The van der Waals surface area contributed by atoms with Crippen molar-refractivity contribution in [2.75, 3.05) is 11.1 Å². The van der Waals surface area contributed by atoms with Gasteiger partial charge in [-0.25, -0.2) is 4.98 Å². The first-order valence-electron chi connectivity index (χ1n) is 6.86. The number of nitrogen functional groups attached to an aromatic ring is 1. The number of hydrogen-bond acceptors (Lipinski definition) is 4. The Morgan fingerprint density at radius 1 is 0.952 bits per heavy atom. The van der Waals surface area contributed by atoms with Crippen molar-refractivity contribution < 1.29 is 0 Å². The van der Waals surface area contributed by atoms with Crippen LogP contribution in [0.5, 0.6) is 0 Å². The molecule has 4 rings (SSSR count). The topological polar surface area (TPSA) is 63.8 Å².